The fourth-order valence-electron chi connectivity index (χ4n) is 3.56. The third-order valence-corrected chi connectivity index (χ3v) is 5.27. The monoisotopic (exact) mass is 464 g/mol. The number of pyridine rings is 1. The molecule has 1 aromatic heterocycles. The maximum atomic E-state index is 13.7. The Morgan fingerprint density at radius 2 is 1.74 bits per heavy atom. The van der Waals surface area contributed by atoms with E-state index in [1.807, 2.05) is 6.92 Å². The summed E-state index contributed by atoms with van der Waals surface area (Å²) in [5, 5.41) is 21.2. The third-order valence-electron chi connectivity index (χ3n) is 5.27. The van der Waals surface area contributed by atoms with E-state index in [2.05, 4.69) is 9.98 Å². The fraction of sp³-hybridized carbons (Fsp3) is 0.154. The van der Waals surface area contributed by atoms with Gasteiger partial charge in [0.05, 0.1) is 18.7 Å². The van der Waals surface area contributed by atoms with E-state index in [-0.39, 0.29) is 23.7 Å². The van der Waals surface area contributed by atoms with Crippen LogP contribution in [0.15, 0.2) is 64.4 Å². The average molecular weight is 464 g/mol. The number of benzene rings is 3. The zero-order valence-corrected chi connectivity index (χ0v) is 18.3. The molecule has 3 N–H and O–H groups in total. The fourth-order valence-corrected chi connectivity index (χ4v) is 3.56. The summed E-state index contributed by atoms with van der Waals surface area (Å²) in [6.45, 7) is 2.66. The van der Waals surface area contributed by atoms with Gasteiger partial charge in [-0.05, 0) is 59.5 Å². The van der Waals surface area contributed by atoms with Crippen LogP contribution in [0.1, 0.15) is 24.5 Å². The van der Waals surface area contributed by atoms with Crippen LogP contribution in [0.4, 0.5) is 8.78 Å². The predicted octanol–water partition coefficient (Wildman–Crippen LogP) is 5.29. The van der Waals surface area contributed by atoms with Crippen molar-refractivity contribution in [1.29, 1.82) is 0 Å². The smallest absolute Gasteiger partial charge is 0.258 e. The molecule has 0 aliphatic rings. The summed E-state index contributed by atoms with van der Waals surface area (Å²) >= 11 is 0. The van der Waals surface area contributed by atoms with Gasteiger partial charge in [0.2, 0.25) is 5.88 Å². The number of hydrogen-bond donors (Lipinski definition) is 3. The highest BCUT2D eigenvalue weighted by atomic mass is 19.2. The van der Waals surface area contributed by atoms with Gasteiger partial charge in [-0.2, -0.15) is 0 Å². The van der Waals surface area contributed by atoms with E-state index >= 15 is 0 Å². The zero-order chi connectivity index (χ0) is 24.2. The molecule has 4 aromatic rings. The number of aliphatic imine (C=N–C) groups is 1. The van der Waals surface area contributed by atoms with E-state index in [1.165, 1.54) is 12.3 Å². The Balaban J connectivity index is 1.67. The molecule has 0 atom stereocenters. The molecule has 0 radical (unpaired) electrons. The number of phenolic OH excluding ortho intramolecular Hbond substituents is 1. The Hall–Kier alpha value is -4.20. The molecular formula is C26H22F2N2O4. The number of nitrogens with one attached hydrogen (secondary N) is 1. The van der Waals surface area contributed by atoms with E-state index in [0.717, 1.165) is 18.6 Å². The van der Waals surface area contributed by atoms with Crippen molar-refractivity contribution in [2.45, 2.75) is 19.9 Å². The number of rotatable bonds is 7. The second kappa shape index (κ2) is 9.74. The summed E-state index contributed by atoms with van der Waals surface area (Å²) in [5.41, 5.74) is 1.46. The molecule has 0 fully saturated rings. The molecule has 0 saturated carbocycles. The molecule has 0 aliphatic carbocycles. The lowest BCUT2D eigenvalue weighted by Crippen LogP contribution is -2.08. The Labute approximate surface area is 193 Å². The van der Waals surface area contributed by atoms with Crippen molar-refractivity contribution in [3.8, 4) is 28.5 Å². The van der Waals surface area contributed by atoms with Gasteiger partial charge in [0.15, 0.2) is 23.1 Å². The molecule has 0 saturated heterocycles. The molecule has 34 heavy (non-hydrogen) atoms. The number of halogens is 2. The quantitative estimate of drug-likeness (QED) is 0.324. The highest BCUT2D eigenvalue weighted by Gasteiger charge is 2.12. The number of hydrogen-bond acceptors (Lipinski definition) is 5. The van der Waals surface area contributed by atoms with E-state index in [9.17, 15) is 23.8 Å². The van der Waals surface area contributed by atoms with E-state index in [4.69, 9.17) is 4.74 Å². The topological polar surface area (TPSA) is 94.9 Å². The van der Waals surface area contributed by atoms with Crippen LogP contribution < -0.4 is 10.3 Å². The summed E-state index contributed by atoms with van der Waals surface area (Å²) in [7, 11) is 0. The normalized spacial score (nSPS) is 11.4. The maximum absolute atomic E-state index is 13.7. The van der Waals surface area contributed by atoms with Gasteiger partial charge in [-0.1, -0.05) is 25.1 Å². The lowest BCUT2D eigenvalue weighted by Gasteiger charge is -2.09. The summed E-state index contributed by atoms with van der Waals surface area (Å²) in [6.07, 6.45) is 2.24. The van der Waals surface area contributed by atoms with E-state index in [1.54, 1.807) is 36.4 Å². The second-order valence-corrected chi connectivity index (χ2v) is 7.73. The first kappa shape index (κ1) is 23.0. The van der Waals surface area contributed by atoms with Crippen LogP contribution in [0.5, 0.6) is 17.4 Å². The number of aromatic amines is 1. The molecule has 174 valence electrons. The van der Waals surface area contributed by atoms with E-state index in [0.29, 0.717) is 39.8 Å². The van der Waals surface area contributed by atoms with Crippen molar-refractivity contribution in [3.63, 3.8) is 0 Å². The van der Waals surface area contributed by atoms with Gasteiger partial charge in [-0.15, -0.1) is 0 Å². The maximum Gasteiger partial charge on any atom is 0.258 e. The minimum atomic E-state index is -0.984. The summed E-state index contributed by atoms with van der Waals surface area (Å²) < 4.78 is 32.5. The van der Waals surface area contributed by atoms with Gasteiger partial charge in [-0.3, -0.25) is 14.8 Å². The van der Waals surface area contributed by atoms with Crippen molar-refractivity contribution in [3.05, 3.63) is 87.7 Å². The highest BCUT2D eigenvalue weighted by Crippen LogP contribution is 2.29. The first-order chi connectivity index (χ1) is 16.4. The van der Waals surface area contributed by atoms with Crippen molar-refractivity contribution in [2.75, 3.05) is 6.61 Å². The largest absolute Gasteiger partial charge is 0.504 e. The van der Waals surface area contributed by atoms with Crippen LogP contribution in [-0.4, -0.2) is 28.0 Å². The molecule has 4 rings (SSSR count). The van der Waals surface area contributed by atoms with Gasteiger partial charge in [0, 0.05) is 17.0 Å². The van der Waals surface area contributed by atoms with Crippen molar-refractivity contribution < 1.29 is 23.7 Å². The third kappa shape index (κ3) is 4.76. The predicted molar refractivity (Wildman–Crippen MR) is 127 cm³/mol. The molecule has 0 bridgehead atoms. The van der Waals surface area contributed by atoms with Crippen molar-refractivity contribution in [1.82, 2.24) is 4.98 Å². The van der Waals surface area contributed by atoms with Gasteiger partial charge in [0.1, 0.15) is 0 Å². The first-order valence-electron chi connectivity index (χ1n) is 10.7. The van der Waals surface area contributed by atoms with Gasteiger partial charge >= 0.3 is 0 Å². The number of fused-ring (bicyclic) bond motifs is 1. The Morgan fingerprint density at radius 1 is 0.971 bits per heavy atom. The van der Waals surface area contributed by atoms with Crippen LogP contribution in [-0.2, 0) is 6.54 Å². The standard InChI is InChI=1S/C26H22F2N2O4/c1-2-9-34-24-8-3-15(10-23(24)31)13-29-14-20-19-11-16(17-5-7-21(27)22(28)12-17)4-6-18(19)25(32)30-26(20)33/h3-8,10-12,14,31H,2,9,13H2,1H3,(H2,30,32,33). The number of phenols is 1. The Morgan fingerprint density at radius 3 is 2.47 bits per heavy atom. The highest BCUT2D eigenvalue weighted by molar-refractivity contribution is 6.02. The van der Waals surface area contributed by atoms with Crippen LogP contribution in [0.25, 0.3) is 21.9 Å². The first-order valence-corrected chi connectivity index (χ1v) is 10.7. The summed E-state index contributed by atoms with van der Waals surface area (Å²) in [6, 6.07) is 13.3. The lowest BCUT2D eigenvalue weighted by molar-refractivity contribution is 0.299. The SMILES string of the molecule is CCCOc1ccc(CN=Cc2c(O)[nH]c(=O)c3ccc(-c4ccc(F)c(F)c4)cc23)cc1O. The number of ether oxygens (including phenoxy) is 1. The molecule has 0 unspecified atom stereocenters. The minimum Gasteiger partial charge on any atom is -0.504 e. The number of aromatic hydroxyl groups is 2. The molecule has 6 nitrogen and oxygen atoms in total. The van der Waals surface area contributed by atoms with Crippen LogP contribution in [0.3, 0.4) is 0 Å². The lowest BCUT2D eigenvalue weighted by atomic mass is 9.99. The number of nitrogens with zero attached hydrogens (tertiary/aromatic N) is 1. The van der Waals surface area contributed by atoms with Crippen LogP contribution in [0, 0.1) is 11.6 Å². The number of H-pyrrole nitrogens is 1. The minimum absolute atomic E-state index is 0.00894. The number of aromatic nitrogens is 1. The molecular weight excluding hydrogens is 442 g/mol. The van der Waals surface area contributed by atoms with Gasteiger partial charge in [-0.25, -0.2) is 8.78 Å². The molecule has 3 aromatic carbocycles. The second-order valence-electron chi connectivity index (χ2n) is 7.73. The Kier molecular flexibility index (Phi) is 6.58. The van der Waals surface area contributed by atoms with Crippen LogP contribution in [0.2, 0.25) is 0 Å². The summed E-state index contributed by atoms with van der Waals surface area (Å²) in [5.74, 6) is -1.90. The molecule has 0 aliphatic heterocycles. The average Bonchev–Trinajstić information content (AvgIpc) is 2.82. The van der Waals surface area contributed by atoms with Crippen LogP contribution >= 0.6 is 0 Å². The molecule has 0 amide bonds. The van der Waals surface area contributed by atoms with E-state index < -0.39 is 17.2 Å². The van der Waals surface area contributed by atoms with Gasteiger partial charge < -0.3 is 14.9 Å². The van der Waals surface area contributed by atoms with Crippen molar-refractivity contribution >= 4 is 17.0 Å². The molecule has 8 heteroatoms. The molecule has 0 spiro atoms. The Bertz CT molecular complexity index is 1450. The molecule has 1 heterocycles. The zero-order valence-electron chi connectivity index (χ0n) is 18.3. The van der Waals surface area contributed by atoms with Crippen molar-refractivity contribution in [2.24, 2.45) is 4.99 Å². The van der Waals surface area contributed by atoms with Gasteiger partial charge in [0.25, 0.3) is 5.56 Å². The summed E-state index contributed by atoms with van der Waals surface area (Å²) in [4.78, 5) is 19.1.